The molecule has 2 aromatic carbocycles. The number of carbonyl (C=O) groups is 2. The van der Waals surface area contributed by atoms with Crippen molar-refractivity contribution in [3.63, 3.8) is 0 Å². The Morgan fingerprint density at radius 2 is 1.66 bits per heavy atom. The second kappa shape index (κ2) is 11.4. The molecule has 0 unspecified atom stereocenters. The number of aryl methyl sites for hydroxylation is 1. The molecule has 6 heteroatoms. The molecule has 0 aliphatic carbocycles. The molecule has 1 atom stereocenters. The maximum absolute atomic E-state index is 13.1. The van der Waals surface area contributed by atoms with Crippen molar-refractivity contribution in [3.05, 3.63) is 64.1 Å². The second-order valence-electron chi connectivity index (χ2n) is 7.56. The summed E-state index contributed by atoms with van der Waals surface area (Å²) in [6.45, 7) is 8.93. The Hall–Kier alpha value is -1.79. The smallest absolute Gasteiger partial charge is 0.242 e. The topological polar surface area (TPSA) is 49.4 Å². The van der Waals surface area contributed by atoms with Crippen LogP contribution in [0.15, 0.2) is 57.9 Å². The van der Waals surface area contributed by atoms with Gasteiger partial charge in [-0.15, -0.1) is 11.8 Å². The Kier molecular flexibility index (Phi) is 9.24. The summed E-state index contributed by atoms with van der Waals surface area (Å²) < 4.78 is 0.983. The van der Waals surface area contributed by atoms with Gasteiger partial charge in [0, 0.05) is 22.5 Å². The van der Waals surface area contributed by atoms with E-state index in [-0.39, 0.29) is 11.8 Å². The first-order valence-corrected chi connectivity index (χ1v) is 11.5. The van der Waals surface area contributed by atoms with Gasteiger partial charge in [-0.2, -0.15) is 0 Å². The van der Waals surface area contributed by atoms with E-state index in [0.717, 1.165) is 14.9 Å². The lowest BCUT2D eigenvalue weighted by atomic mass is 10.1. The number of hydrogen-bond acceptors (Lipinski definition) is 3. The van der Waals surface area contributed by atoms with E-state index in [9.17, 15) is 9.59 Å². The molecular formula is C23H29BrN2O2S. The minimum absolute atomic E-state index is 0.0503. The molecule has 0 saturated heterocycles. The molecular weight excluding hydrogens is 448 g/mol. The average molecular weight is 477 g/mol. The molecule has 0 aliphatic heterocycles. The summed E-state index contributed by atoms with van der Waals surface area (Å²) in [6, 6.07) is 15.4. The van der Waals surface area contributed by atoms with Crippen molar-refractivity contribution >= 4 is 39.5 Å². The number of halogens is 1. The highest BCUT2D eigenvalue weighted by molar-refractivity contribution is 9.10. The lowest BCUT2D eigenvalue weighted by molar-refractivity contribution is -0.138. The zero-order valence-electron chi connectivity index (χ0n) is 17.4. The molecule has 1 N–H and O–H groups in total. The molecule has 0 saturated carbocycles. The van der Waals surface area contributed by atoms with Gasteiger partial charge in [-0.3, -0.25) is 9.59 Å². The average Bonchev–Trinajstić information content (AvgIpc) is 2.70. The summed E-state index contributed by atoms with van der Waals surface area (Å²) in [4.78, 5) is 28.4. The third-order valence-corrected chi connectivity index (χ3v) is 6.03. The van der Waals surface area contributed by atoms with Gasteiger partial charge in [0.2, 0.25) is 11.8 Å². The Labute approximate surface area is 186 Å². The molecule has 2 aromatic rings. The fourth-order valence-corrected chi connectivity index (χ4v) is 3.73. The summed E-state index contributed by atoms with van der Waals surface area (Å²) in [6.07, 6.45) is 0. The van der Waals surface area contributed by atoms with Crippen molar-refractivity contribution in [2.45, 2.75) is 45.2 Å². The van der Waals surface area contributed by atoms with E-state index >= 15 is 0 Å². The van der Waals surface area contributed by atoms with Gasteiger partial charge in [0.15, 0.2) is 0 Å². The molecule has 0 heterocycles. The first-order chi connectivity index (χ1) is 13.8. The molecule has 4 nitrogen and oxygen atoms in total. The normalized spacial score (nSPS) is 11.9. The second-order valence-corrected chi connectivity index (χ2v) is 9.53. The van der Waals surface area contributed by atoms with Crippen LogP contribution in [0.25, 0.3) is 0 Å². The van der Waals surface area contributed by atoms with Crippen molar-refractivity contribution in [2.75, 3.05) is 12.3 Å². The van der Waals surface area contributed by atoms with Crippen LogP contribution in [0.2, 0.25) is 0 Å². The van der Waals surface area contributed by atoms with Crippen LogP contribution in [0.4, 0.5) is 0 Å². The molecule has 0 aliphatic rings. The van der Waals surface area contributed by atoms with Crippen molar-refractivity contribution < 1.29 is 9.59 Å². The molecule has 0 radical (unpaired) electrons. The van der Waals surface area contributed by atoms with Crippen LogP contribution in [0.1, 0.15) is 31.9 Å². The monoisotopic (exact) mass is 476 g/mol. The van der Waals surface area contributed by atoms with Crippen LogP contribution >= 0.6 is 27.7 Å². The van der Waals surface area contributed by atoms with Gasteiger partial charge in [0.05, 0.1) is 5.75 Å². The summed E-state index contributed by atoms with van der Waals surface area (Å²) >= 11 is 4.93. The van der Waals surface area contributed by atoms with Crippen molar-refractivity contribution in [1.29, 1.82) is 0 Å². The van der Waals surface area contributed by atoms with E-state index in [1.807, 2.05) is 69.3 Å². The summed E-state index contributed by atoms with van der Waals surface area (Å²) in [7, 11) is 0. The zero-order chi connectivity index (χ0) is 21.4. The van der Waals surface area contributed by atoms with E-state index in [1.165, 1.54) is 17.3 Å². The van der Waals surface area contributed by atoms with E-state index in [1.54, 1.807) is 11.8 Å². The summed E-state index contributed by atoms with van der Waals surface area (Å²) in [5.41, 5.74) is 2.18. The molecule has 156 valence electrons. The Morgan fingerprint density at radius 3 is 2.24 bits per heavy atom. The summed E-state index contributed by atoms with van der Waals surface area (Å²) in [5.74, 6) is 0.482. The molecule has 0 fully saturated rings. The number of thioether (sulfide) groups is 1. The highest BCUT2D eigenvalue weighted by atomic mass is 79.9. The van der Waals surface area contributed by atoms with Gasteiger partial charge >= 0.3 is 0 Å². The fourth-order valence-electron chi connectivity index (χ4n) is 2.68. The van der Waals surface area contributed by atoms with Crippen LogP contribution in [0.3, 0.4) is 0 Å². The predicted molar refractivity (Wildman–Crippen MR) is 124 cm³/mol. The van der Waals surface area contributed by atoms with Crippen molar-refractivity contribution in [3.8, 4) is 0 Å². The van der Waals surface area contributed by atoms with Crippen LogP contribution in [0, 0.1) is 12.8 Å². The predicted octanol–water partition coefficient (Wildman–Crippen LogP) is 5.04. The van der Waals surface area contributed by atoms with Gasteiger partial charge in [-0.1, -0.05) is 59.6 Å². The molecule has 29 heavy (non-hydrogen) atoms. The third-order valence-electron chi connectivity index (χ3n) is 4.50. The van der Waals surface area contributed by atoms with Crippen LogP contribution in [-0.4, -0.2) is 35.1 Å². The lowest BCUT2D eigenvalue weighted by Crippen LogP contribution is -2.48. The number of benzene rings is 2. The molecule has 0 bridgehead atoms. The number of nitrogens with one attached hydrogen (secondary N) is 1. The molecule has 0 aromatic heterocycles. The van der Waals surface area contributed by atoms with Crippen molar-refractivity contribution in [2.24, 2.45) is 5.92 Å². The van der Waals surface area contributed by atoms with Crippen LogP contribution in [0.5, 0.6) is 0 Å². The SMILES string of the molecule is Cc1ccc(SCC(=O)N(Cc2ccc(Br)cc2)[C@@H](C)C(=O)NCC(C)C)cc1. The standard InChI is InChI=1S/C23H29BrN2O2S/c1-16(2)13-25-23(28)18(4)26(14-19-7-9-20(24)10-8-19)22(27)15-29-21-11-5-17(3)6-12-21/h5-12,16,18H,13-15H2,1-4H3,(H,25,28)/t18-/m0/s1. The summed E-state index contributed by atoms with van der Waals surface area (Å²) in [5, 5.41) is 2.95. The number of carbonyl (C=O) groups excluding carboxylic acids is 2. The number of nitrogens with zero attached hydrogens (tertiary/aromatic N) is 1. The highest BCUT2D eigenvalue weighted by Crippen LogP contribution is 2.21. The number of rotatable bonds is 9. The lowest BCUT2D eigenvalue weighted by Gasteiger charge is -2.29. The quantitative estimate of drug-likeness (QED) is 0.515. The number of hydrogen-bond donors (Lipinski definition) is 1. The van der Waals surface area contributed by atoms with Gasteiger partial charge in [0.25, 0.3) is 0 Å². The van der Waals surface area contributed by atoms with Crippen LogP contribution in [-0.2, 0) is 16.1 Å². The van der Waals surface area contributed by atoms with E-state index < -0.39 is 6.04 Å². The molecule has 0 spiro atoms. The van der Waals surface area contributed by atoms with E-state index in [0.29, 0.717) is 24.8 Å². The van der Waals surface area contributed by atoms with E-state index in [4.69, 9.17) is 0 Å². The zero-order valence-corrected chi connectivity index (χ0v) is 19.8. The largest absolute Gasteiger partial charge is 0.354 e. The van der Waals surface area contributed by atoms with Gasteiger partial charge < -0.3 is 10.2 Å². The minimum Gasteiger partial charge on any atom is -0.354 e. The first-order valence-electron chi connectivity index (χ1n) is 9.77. The van der Waals surface area contributed by atoms with Crippen LogP contribution < -0.4 is 5.32 Å². The third kappa shape index (κ3) is 7.86. The van der Waals surface area contributed by atoms with Gasteiger partial charge in [-0.25, -0.2) is 0 Å². The van der Waals surface area contributed by atoms with E-state index in [2.05, 4.69) is 21.2 Å². The van der Waals surface area contributed by atoms with Gasteiger partial charge in [-0.05, 0) is 49.6 Å². The Balaban J connectivity index is 2.10. The van der Waals surface area contributed by atoms with Gasteiger partial charge in [0.1, 0.15) is 6.04 Å². The Bertz CT molecular complexity index is 807. The first kappa shape index (κ1) is 23.5. The Morgan fingerprint density at radius 1 is 1.03 bits per heavy atom. The molecule has 2 rings (SSSR count). The number of amides is 2. The minimum atomic E-state index is -0.538. The highest BCUT2D eigenvalue weighted by Gasteiger charge is 2.26. The fraction of sp³-hybridized carbons (Fsp3) is 0.391. The van der Waals surface area contributed by atoms with Crippen molar-refractivity contribution in [1.82, 2.24) is 10.2 Å². The maximum atomic E-state index is 13.1. The molecule has 2 amide bonds. The maximum Gasteiger partial charge on any atom is 0.242 e.